The van der Waals surface area contributed by atoms with Gasteiger partial charge in [-0.25, -0.2) is 4.79 Å². The minimum atomic E-state index is -0.691. The summed E-state index contributed by atoms with van der Waals surface area (Å²) in [7, 11) is 4.49. The summed E-state index contributed by atoms with van der Waals surface area (Å²) in [6.45, 7) is 4.60. The van der Waals surface area contributed by atoms with Crippen LogP contribution in [0.5, 0.6) is 17.2 Å². The molecule has 0 aromatic heterocycles. The molecule has 0 heterocycles. The van der Waals surface area contributed by atoms with Gasteiger partial charge >= 0.3 is 5.97 Å². The number of rotatable bonds is 11. The number of carbonyl (C=O) groups excluding carboxylic acids is 3. The molecule has 0 atom stereocenters. The average molecular weight is 471 g/mol. The van der Waals surface area contributed by atoms with Gasteiger partial charge in [-0.1, -0.05) is 0 Å². The van der Waals surface area contributed by atoms with Crippen molar-refractivity contribution in [2.45, 2.75) is 13.8 Å². The first-order chi connectivity index (χ1) is 16.4. The summed E-state index contributed by atoms with van der Waals surface area (Å²) >= 11 is 0. The number of anilines is 1. The van der Waals surface area contributed by atoms with Crippen LogP contribution in [-0.4, -0.2) is 63.7 Å². The van der Waals surface area contributed by atoms with E-state index in [0.29, 0.717) is 47.2 Å². The Morgan fingerprint density at radius 3 is 2.00 bits per heavy atom. The quantitative estimate of drug-likeness (QED) is 0.397. The molecule has 2 rings (SSSR count). The third kappa shape index (κ3) is 6.99. The molecule has 0 spiro atoms. The first-order valence-electron chi connectivity index (χ1n) is 10.7. The van der Waals surface area contributed by atoms with Gasteiger partial charge in [-0.2, -0.15) is 0 Å². The Labute approximate surface area is 199 Å². The van der Waals surface area contributed by atoms with Crippen molar-refractivity contribution in [1.82, 2.24) is 4.90 Å². The second-order valence-electron chi connectivity index (χ2n) is 7.00. The summed E-state index contributed by atoms with van der Waals surface area (Å²) in [4.78, 5) is 38.2. The van der Waals surface area contributed by atoms with Gasteiger partial charge in [0.15, 0.2) is 18.1 Å². The van der Waals surface area contributed by atoms with Crippen LogP contribution in [0, 0.1) is 0 Å². The highest BCUT2D eigenvalue weighted by Crippen LogP contribution is 2.38. The van der Waals surface area contributed by atoms with E-state index in [1.165, 1.54) is 33.5 Å². The van der Waals surface area contributed by atoms with E-state index in [0.717, 1.165) is 0 Å². The standard InChI is InChI=1S/C25H30N2O7/c1-6-27(7-2)25(30)18-9-11-19(12-10-18)26-22(28)16-34-23(29)13-8-17-14-20(31-3)24(33-5)21(15-17)32-4/h8-15H,6-7,16H2,1-5H3,(H,26,28)/b13-8+. The normalized spacial score (nSPS) is 10.5. The Balaban J connectivity index is 1.91. The Hall–Kier alpha value is -4.01. The highest BCUT2D eigenvalue weighted by Gasteiger charge is 2.14. The van der Waals surface area contributed by atoms with Crippen LogP contribution in [0.3, 0.4) is 0 Å². The molecule has 0 saturated carbocycles. The molecule has 9 nitrogen and oxygen atoms in total. The summed E-state index contributed by atoms with van der Waals surface area (Å²) in [5, 5.41) is 2.63. The van der Waals surface area contributed by atoms with Crippen molar-refractivity contribution in [3.05, 3.63) is 53.6 Å². The molecule has 0 bridgehead atoms. The van der Waals surface area contributed by atoms with Crippen molar-refractivity contribution in [1.29, 1.82) is 0 Å². The molecule has 2 amide bonds. The maximum absolute atomic E-state index is 12.3. The zero-order valence-electron chi connectivity index (χ0n) is 20.0. The van der Waals surface area contributed by atoms with E-state index in [9.17, 15) is 14.4 Å². The highest BCUT2D eigenvalue weighted by molar-refractivity contribution is 5.97. The smallest absolute Gasteiger partial charge is 0.331 e. The van der Waals surface area contributed by atoms with Crippen LogP contribution >= 0.6 is 0 Å². The summed E-state index contributed by atoms with van der Waals surface area (Å²) in [6.07, 6.45) is 2.71. The third-order valence-corrected chi connectivity index (χ3v) is 4.91. The molecular weight excluding hydrogens is 440 g/mol. The first kappa shape index (κ1) is 26.2. The van der Waals surface area contributed by atoms with Crippen molar-refractivity contribution in [3.8, 4) is 17.2 Å². The van der Waals surface area contributed by atoms with Gasteiger partial charge in [-0.15, -0.1) is 0 Å². The van der Waals surface area contributed by atoms with E-state index in [-0.39, 0.29) is 5.91 Å². The molecule has 0 unspecified atom stereocenters. The molecule has 0 aliphatic rings. The van der Waals surface area contributed by atoms with E-state index < -0.39 is 18.5 Å². The molecule has 0 saturated heterocycles. The Kier molecular flexibility index (Phi) is 9.94. The molecule has 34 heavy (non-hydrogen) atoms. The van der Waals surface area contributed by atoms with Gasteiger partial charge < -0.3 is 29.2 Å². The number of benzene rings is 2. The Bertz CT molecular complexity index is 1000. The molecular formula is C25H30N2O7. The van der Waals surface area contributed by atoms with Crippen LogP contribution < -0.4 is 19.5 Å². The second-order valence-corrected chi connectivity index (χ2v) is 7.00. The largest absolute Gasteiger partial charge is 0.493 e. The number of methoxy groups -OCH3 is 3. The Morgan fingerprint density at radius 1 is 0.912 bits per heavy atom. The van der Waals surface area contributed by atoms with Crippen LogP contribution in [0.2, 0.25) is 0 Å². The molecule has 0 radical (unpaired) electrons. The van der Waals surface area contributed by atoms with E-state index in [1.807, 2.05) is 13.8 Å². The predicted octanol–water partition coefficient (Wildman–Crippen LogP) is 3.39. The van der Waals surface area contributed by atoms with Crippen molar-refractivity contribution < 1.29 is 33.3 Å². The van der Waals surface area contributed by atoms with Crippen LogP contribution in [0.1, 0.15) is 29.8 Å². The van der Waals surface area contributed by atoms with E-state index >= 15 is 0 Å². The Morgan fingerprint density at radius 2 is 1.50 bits per heavy atom. The SMILES string of the molecule is CCN(CC)C(=O)c1ccc(NC(=O)COC(=O)/C=C/c2cc(OC)c(OC)c(OC)c2)cc1. The monoisotopic (exact) mass is 470 g/mol. The van der Waals surface area contributed by atoms with E-state index in [2.05, 4.69) is 5.32 Å². The number of nitrogens with one attached hydrogen (secondary N) is 1. The number of hydrogen-bond donors (Lipinski definition) is 1. The number of carbonyl (C=O) groups is 3. The van der Waals surface area contributed by atoms with Crippen LogP contribution in [0.15, 0.2) is 42.5 Å². The third-order valence-electron chi connectivity index (χ3n) is 4.91. The van der Waals surface area contributed by atoms with Gasteiger partial charge in [-0.05, 0) is 61.9 Å². The molecule has 182 valence electrons. The number of amides is 2. The lowest BCUT2D eigenvalue weighted by atomic mass is 10.1. The van der Waals surface area contributed by atoms with Crippen molar-refractivity contribution >= 4 is 29.5 Å². The number of nitrogens with zero attached hydrogens (tertiary/aromatic N) is 1. The van der Waals surface area contributed by atoms with Gasteiger partial charge in [0, 0.05) is 30.4 Å². The number of hydrogen-bond acceptors (Lipinski definition) is 7. The molecule has 0 aliphatic heterocycles. The maximum atomic E-state index is 12.3. The number of esters is 1. The molecule has 1 N–H and O–H groups in total. The highest BCUT2D eigenvalue weighted by atomic mass is 16.5. The summed E-state index contributed by atoms with van der Waals surface area (Å²) in [5.41, 5.74) is 1.64. The zero-order valence-corrected chi connectivity index (χ0v) is 20.0. The minimum Gasteiger partial charge on any atom is -0.493 e. The van der Waals surface area contributed by atoms with E-state index in [4.69, 9.17) is 18.9 Å². The van der Waals surface area contributed by atoms with Gasteiger partial charge in [-0.3, -0.25) is 9.59 Å². The lowest BCUT2D eigenvalue weighted by molar-refractivity contribution is -0.142. The molecule has 2 aromatic carbocycles. The van der Waals surface area contributed by atoms with Gasteiger partial charge in [0.25, 0.3) is 11.8 Å². The van der Waals surface area contributed by atoms with Crippen molar-refractivity contribution in [2.24, 2.45) is 0 Å². The van der Waals surface area contributed by atoms with Crippen LogP contribution in [0.25, 0.3) is 6.08 Å². The van der Waals surface area contributed by atoms with E-state index in [1.54, 1.807) is 41.3 Å². The topological polar surface area (TPSA) is 103 Å². The molecule has 0 aliphatic carbocycles. The second kappa shape index (κ2) is 12.9. The van der Waals surface area contributed by atoms with Crippen LogP contribution in [0.4, 0.5) is 5.69 Å². The van der Waals surface area contributed by atoms with Gasteiger partial charge in [0.2, 0.25) is 5.75 Å². The van der Waals surface area contributed by atoms with Crippen molar-refractivity contribution in [3.63, 3.8) is 0 Å². The maximum Gasteiger partial charge on any atom is 0.331 e. The lowest BCUT2D eigenvalue weighted by Gasteiger charge is -2.18. The fourth-order valence-corrected chi connectivity index (χ4v) is 3.13. The summed E-state index contributed by atoms with van der Waals surface area (Å²) < 4.78 is 20.8. The fourth-order valence-electron chi connectivity index (χ4n) is 3.13. The van der Waals surface area contributed by atoms with Gasteiger partial charge in [0.05, 0.1) is 21.3 Å². The molecule has 2 aromatic rings. The minimum absolute atomic E-state index is 0.0734. The lowest BCUT2D eigenvalue weighted by Crippen LogP contribution is -2.30. The summed E-state index contributed by atoms with van der Waals surface area (Å²) in [6, 6.07) is 9.88. The number of ether oxygens (including phenoxy) is 4. The first-order valence-corrected chi connectivity index (χ1v) is 10.7. The zero-order chi connectivity index (χ0) is 25.1. The van der Waals surface area contributed by atoms with Crippen LogP contribution in [-0.2, 0) is 14.3 Å². The average Bonchev–Trinajstić information content (AvgIpc) is 2.86. The summed E-state index contributed by atoms with van der Waals surface area (Å²) in [5.74, 6) is 0.0575. The van der Waals surface area contributed by atoms with Crippen molar-refractivity contribution in [2.75, 3.05) is 46.3 Å². The predicted molar refractivity (Wildman–Crippen MR) is 128 cm³/mol. The molecule has 0 fully saturated rings. The fraction of sp³-hybridized carbons (Fsp3) is 0.320. The molecule has 9 heteroatoms. The van der Waals surface area contributed by atoms with Gasteiger partial charge in [0.1, 0.15) is 0 Å².